The second-order valence-electron chi connectivity index (χ2n) is 2.43. The second-order valence-corrected chi connectivity index (χ2v) is 2.43. The molecular weight excluding hydrogens is 104 g/mol. The van der Waals surface area contributed by atoms with Crippen molar-refractivity contribution in [2.45, 2.75) is 37.9 Å². The number of rotatable bonds is 0. The molecule has 0 heterocycles. The molecule has 1 radical (unpaired) electrons. The highest BCUT2D eigenvalue weighted by atomic mass is 16.3. The van der Waals surface area contributed by atoms with E-state index >= 15 is 0 Å². The Hall–Kier alpha value is -0.0800. The Morgan fingerprint density at radius 3 is 2.00 bits per heavy atom. The lowest BCUT2D eigenvalue weighted by Gasteiger charge is -2.18. The van der Waals surface area contributed by atoms with Crippen molar-refractivity contribution < 1.29 is 10.2 Å². The van der Waals surface area contributed by atoms with Crippen LogP contribution in [0, 0.1) is 0 Å². The zero-order valence-electron chi connectivity index (χ0n) is 4.84. The highest BCUT2D eigenvalue weighted by Crippen LogP contribution is 2.17. The Balaban J connectivity index is 2.19. The summed E-state index contributed by atoms with van der Waals surface area (Å²) in [4.78, 5) is 0. The number of aliphatic hydroxyl groups is 1. The van der Waals surface area contributed by atoms with E-state index in [-0.39, 0.29) is 6.10 Å². The van der Waals surface area contributed by atoms with E-state index in [1.54, 1.807) is 0 Å². The van der Waals surface area contributed by atoms with Crippen LogP contribution >= 0.6 is 0 Å². The van der Waals surface area contributed by atoms with E-state index in [0.29, 0.717) is 25.7 Å². The van der Waals surface area contributed by atoms with E-state index in [4.69, 9.17) is 5.11 Å². The molecule has 0 atom stereocenters. The predicted octanol–water partition coefficient (Wildman–Crippen LogP) is 0.720. The van der Waals surface area contributed by atoms with E-state index in [2.05, 4.69) is 0 Å². The molecule has 1 saturated carbocycles. The van der Waals surface area contributed by atoms with Gasteiger partial charge in [-0.1, -0.05) is 0 Å². The van der Waals surface area contributed by atoms with Crippen molar-refractivity contribution in [2.75, 3.05) is 0 Å². The van der Waals surface area contributed by atoms with Gasteiger partial charge in [0.15, 0.2) is 0 Å². The third kappa shape index (κ3) is 1.46. The maximum absolute atomic E-state index is 10.6. The monoisotopic (exact) mass is 115 g/mol. The average molecular weight is 115 g/mol. The van der Waals surface area contributed by atoms with Crippen molar-refractivity contribution in [1.29, 1.82) is 0 Å². The molecule has 1 rings (SSSR count). The quantitative estimate of drug-likeness (QED) is 0.496. The second kappa shape index (κ2) is 2.46. The normalized spacial score (nSPS) is 39.8. The molecule has 0 bridgehead atoms. The van der Waals surface area contributed by atoms with Gasteiger partial charge in [-0.3, -0.25) is 0 Å². The first-order valence-corrected chi connectivity index (χ1v) is 3.13. The lowest BCUT2D eigenvalue weighted by molar-refractivity contribution is 0.0128. The molecule has 2 nitrogen and oxygen atoms in total. The van der Waals surface area contributed by atoms with Crippen LogP contribution in [-0.2, 0) is 5.11 Å². The minimum absolute atomic E-state index is 0.180. The fraction of sp³-hybridized carbons (Fsp3) is 1.00. The highest BCUT2D eigenvalue weighted by Gasteiger charge is 2.17. The Morgan fingerprint density at radius 2 is 1.62 bits per heavy atom. The standard InChI is InChI=1S/C6H11O2/c7-5-1-2-6(8)4-3-5/h5-7H,1-4H2. The summed E-state index contributed by atoms with van der Waals surface area (Å²) in [5.41, 5.74) is 0. The van der Waals surface area contributed by atoms with Gasteiger partial charge in [0.25, 0.3) is 0 Å². The molecule has 0 aromatic heterocycles. The highest BCUT2D eigenvalue weighted by molar-refractivity contribution is 4.69. The minimum Gasteiger partial charge on any atom is -0.393 e. The van der Waals surface area contributed by atoms with E-state index in [1.165, 1.54) is 0 Å². The Bertz CT molecular complexity index is 54.9. The molecule has 1 aliphatic rings. The van der Waals surface area contributed by atoms with Gasteiger partial charge < -0.3 is 5.11 Å². The Labute approximate surface area is 49.1 Å². The van der Waals surface area contributed by atoms with E-state index in [1.807, 2.05) is 0 Å². The Kier molecular flexibility index (Phi) is 1.86. The van der Waals surface area contributed by atoms with Gasteiger partial charge >= 0.3 is 0 Å². The maximum atomic E-state index is 10.6. The first-order chi connectivity index (χ1) is 3.79. The minimum atomic E-state index is -0.390. The largest absolute Gasteiger partial charge is 0.393 e. The van der Waals surface area contributed by atoms with Crippen LogP contribution < -0.4 is 0 Å². The summed E-state index contributed by atoms with van der Waals surface area (Å²) in [5.74, 6) is 0. The van der Waals surface area contributed by atoms with Gasteiger partial charge in [0, 0.05) is 0 Å². The van der Waals surface area contributed by atoms with Crippen LogP contribution in [-0.4, -0.2) is 17.3 Å². The Morgan fingerprint density at radius 1 is 1.12 bits per heavy atom. The zero-order valence-corrected chi connectivity index (χ0v) is 4.84. The van der Waals surface area contributed by atoms with Crippen molar-refractivity contribution in [3.63, 3.8) is 0 Å². The number of hydrogen-bond donors (Lipinski definition) is 1. The van der Waals surface area contributed by atoms with E-state index in [9.17, 15) is 5.11 Å². The molecule has 0 spiro atoms. The summed E-state index contributed by atoms with van der Waals surface area (Å²) < 4.78 is 0. The first-order valence-electron chi connectivity index (χ1n) is 3.13. The van der Waals surface area contributed by atoms with Crippen LogP contribution in [0.15, 0.2) is 0 Å². The summed E-state index contributed by atoms with van der Waals surface area (Å²) in [5, 5.41) is 19.5. The summed E-state index contributed by atoms with van der Waals surface area (Å²) in [7, 11) is 0. The SMILES string of the molecule is [O]C1CCC(O)CC1. The van der Waals surface area contributed by atoms with Crippen LogP contribution in [0.2, 0.25) is 0 Å². The molecule has 0 aliphatic heterocycles. The fourth-order valence-electron chi connectivity index (χ4n) is 1.05. The number of aliphatic hydroxyl groups excluding tert-OH is 1. The molecule has 1 fully saturated rings. The molecule has 1 aliphatic carbocycles. The van der Waals surface area contributed by atoms with E-state index in [0.717, 1.165) is 0 Å². The van der Waals surface area contributed by atoms with Crippen molar-refractivity contribution in [1.82, 2.24) is 0 Å². The van der Waals surface area contributed by atoms with Crippen molar-refractivity contribution in [2.24, 2.45) is 0 Å². The smallest absolute Gasteiger partial charge is 0.0932 e. The molecule has 47 valence electrons. The van der Waals surface area contributed by atoms with Crippen LogP contribution in [0.3, 0.4) is 0 Å². The summed E-state index contributed by atoms with van der Waals surface area (Å²) in [6.07, 6.45) is 2.20. The van der Waals surface area contributed by atoms with Crippen LogP contribution in [0.25, 0.3) is 0 Å². The summed E-state index contributed by atoms with van der Waals surface area (Å²) in [6, 6.07) is 0. The van der Waals surface area contributed by atoms with Crippen LogP contribution in [0.1, 0.15) is 25.7 Å². The molecular formula is C6H11O2. The first kappa shape index (κ1) is 6.05. The van der Waals surface area contributed by atoms with Gasteiger partial charge in [-0.15, -0.1) is 0 Å². The average Bonchev–Trinajstić information content (AvgIpc) is 1.77. The molecule has 0 amide bonds. The van der Waals surface area contributed by atoms with Gasteiger partial charge in [0.05, 0.1) is 12.2 Å². The van der Waals surface area contributed by atoms with Gasteiger partial charge in [-0.05, 0) is 25.7 Å². The molecule has 0 aromatic rings. The van der Waals surface area contributed by atoms with Crippen molar-refractivity contribution >= 4 is 0 Å². The van der Waals surface area contributed by atoms with Crippen LogP contribution in [0.4, 0.5) is 0 Å². The van der Waals surface area contributed by atoms with E-state index < -0.39 is 6.10 Å². The molecule has 0 aromatic carbocycles. The van der Waals surface area contributed by atoms with Gasteiger partial charge in [0.2, 0.25) is 0 Å². The zero-order chi connectivity index (χ0) is 5.98. The predicted molar refractivity (Wildman–Crippen MR) is 28.9 cm³/mol. The maximum Gasteiger partial charge on any atom is 0.0932 e. The van der Waals surface area contributed by atoms with Gasteiger partial charge in [-0.25, -0.2) is 5.11 Å². The third-order valence-corrected chi connectivity index (χ3v) is 1.64. The molecule has 0 unspecified atom stereocenters. The molecule has 8 heavy (non-hydrogen) atoms. The topological polar surface area (TPSA) is 40.1 Å². The molecule has 0 saturated heterocycles. The lowest BCUT2D eigenvalue weighted by atomic mass is 9.95. The van der Waals surface area contributed by atoms with Crippen molar-refractivity contribution in [3.05, 3.63) is 0 Å². The summed E-state index contributed by atoms with van der Waals surface area (Å²) in [6.45, 7) is 0. The van der Waals surface area contributed by atoms with Crippen LogP contribution in [0.5, 0.6) is 0 Å². The van der Waals surface area contributed by atoms with Gasteiger partial charge in [0.1, 0.15) is 0 Å². The van der Waals surface area contributed by atoms with Crippen molar-refractivity contribution in [3.8, 4) is 0 Å². The lowest BCUT2D eigenvalue weighted by Crippen LogP contribution is -2.20. The third-order valence-electron chi connectivity index (χ3n) is 1.64. The molecule has 2 heteroatoms. The molecule has 1 N–H and O–H groups in total. The fourth-order valence-corrected chi connectivity index (χ4v) is 1.05. The number of hydrogen-bond acceptors (Lipinski definition) is 1. The van der Waals surface area contributed by atoms with Gasteiger partial charge in [-0.2, -0.15) is 0 Å². The summed E-state index contributed by atoms with van der Waals surface area (Å²) >= 11 is 0.